The number of rotatable bonds is 4. The van der Waals surface area contributed by atoms with Crippen molar-refractivity contribution >= 4 is 16.7 Å². The van der Waals surface area contributed by atoms with Crippen LogP contribution in [0, 0.1) is 0 Å². The number of carbonyl (C=O) groups is 1. The van der Waals surface area contributed by atoms with Gasteiger partial charge in [0.05, 0.1) is 14.2 Å². The SMILES string of the molecule is COc1cccc2c(OC)c(C(O)C(=O)O)ccc12. The third kappa shape index (κ3) is 2.20. The van der Waals surface area contributed by atoms with Gasteiger partial charge < -0.3 is 19.7 Å². The maximum Gasteiger partial charge on any atom is 0.337 e. The number of methoxy groups -OCH3 is 2. The Morgan fingerprint density at radius 2 is 1.84 bits per heavy atom. The Labute approximate surface area is 110 Å². The van der Waals surface area contributed by atoms with E-state index in [0.717, 1.165) is 5.39 Å². The minimum absolute atomic E-state index is 0.218. The summed E-state index contributed by atoms with van der Waals surface area (Å²) in [5.41, 5.74) is 0.218. The van der Waals surface area contributed by atoms with Crippen molar-refractivity contribution in [3.8, 4) is 11.5 Å². The van der Waals surface area contributed by atoms with Gasteiger partial charge in [-0.3, -0.25) is 0 Å². The number of hydrogen-bond donors (Lipinski definition) is 2. The molecule has 0 heterocycles. The van der Waals surface area contributed by atoms with Crippen molar-refractivity contribution in [1.82, 2.24) is 0 Å². The molecular weight excluding hydrogens is 248 g/mol. The fraction of sp³-hybridized carbons (Fsp3) is 0.214. The molecule has 1 unspecified atom stereocenters. The Morgan fingerprint density at radius 3 is 2.42 bits per heavy atom. The fourth-order valence-electron chi connectivity index (χ4n) is 2.07. The topological polar surface area (TPSA) is 76.0 Å². The Bertz CT molecular complexity index is 621. The number of aliphatic hydroxyl groups is 1. The van der Waals surface area contributed by atoms with Crippen LogP contribution in [0.1, 0.15) is 11.7 Å². The standard InChI is InChI=1S/C14H14O5/c1-18-11-5-3-4-9-8(11)6-7-10(13(9)19-2)12(15)14(16)17/h3-7,12,15H,1-2H3,(H,16,17). The summed E-state index contributed by atoms with van der Waals surface area (Å²) in [6.07, 6.45) is -1.62. The van der Waals surface area contributed by atoms with Crippen LogP contribution in [0.2, 0.25) is 0 Å². The van der Waals surface area contributed by atoms with E-state index in [0.29, 0.717) is 16.9 Å². The molecular formula is C14H14O5. The molecule has 5 heteroatoms. The summed E-state index contributed by atoms with van der Waals surface area (Å²) in [5, 5.41) is 20.1. The summed E-state index contributed by atoms with van der Waals surface area (Å²) in [6.45, 7) is 0. The largest absolute Gasteiger partial charge is 0.496 e. The molecule has 0 fully saturated rings. The molecule has 0 radical (unpaired) electrons. The maximum atomic E-state index is 10.9. The van der Waals surface area contributed by atoms with Crippen LogP contribution in [-0.4, -0.2) is 30.4 Å². The number of aliphatic hydroxyl groups excluding tert-OH is 1. The molecule has 0 spiro atoms. The van der Waals surface area contributed by atoms with Gasteiger partial charge in [-0.2, -0.15) is 0 Å². The van der Waals surface area contributed by atoms with Crippen molar-refractivity contribution in [3.05, 3.63) is 35.9 Å². The van der Waals surface area contributed by atoms with E-state index in [1.807, 2.05) is 0 Å². The van der Waals surface area contributed by atoms with Crippen molar-refractivity contribution in [2.75, 3.05) is 14.2 Å². The molecule has 0 aliphatic carbocycles. The van der Waals surface area contributed by atoms with Crippen LogP contribution < -0.4 is 9.47 Å². The van der Waals surface area contributed by atoms with E-state index in [-0.39, 0.29) is 5.56 Å². The molecule has 0 aromatic heterocycles. The monoisotopic (exact) mass is 262 g/mol. The van der Waals surface area contributed by atoms with Crippen molar-refractivity contribution in [1.29, 1.82) is 0 Å². The molecule has 2 aromatic carbocycles. The predicted molar refractivity (Wildman–Crippen MR) is 69.6 cm³/mol. The lowest BCUT2D eigenvalue weighted by molar-refractivity contribution is -0.147. The molecule has 2 aromatic rings. The molecule has 0 amide bonds. The quantitative estimate of drug-likeness (QED) is 0.881. The highest BCUT2D eigenvalue weighted by Crippen LogP contribution is 2.37. The van der Waals surface area contributed by atoms with E-state index in [1.165, 1.54) is 13.2 Å². The second kappa shape index (κ2) is 5.16. The lowest BCUT2D eigenvalue weighted by Gasteiger charge is -2.15. The second-order valence-corrected chi connectivity index (χ2v) is 3.98. The van der Waals surface area contributed by atoms with Gasteiger partial charge in [-0.25, -0.2) is 4.79 Å². The summed E-state index contributed by atoms with van der Waals surface area (Å²) in [7, 11) is 2.99. The number of hydrogen-bond acceptors (Lipinski definition) is 4. The normalized spacial score (nSPS) is 12.2. The van der Waals surface area contributed by atoms with Gasteiger partial charge >= 0.3 is 5.97 Å². The summed E-state index contributed by atoms with van der Waals surface area (Å²) in [5.74, 6) is -0.320. The number of benzene rings is 2. The molecule has 2 rings (SSSR count). The fourth-order valence-corrected chi connectivity index (χ4v) is 2.07. The van der Waals surface area contributed by atoms with Crippen LogP contribution in [-0.2, 0) is 4.79 Å². The number of fused-ring (bicyclic) bond motifs is 1. The highest BCUT2D eigenvalue weighted by molar-refractivity contribution is 5.95. The smallest absolute Gasteiger partial charge is 0.337 e. The van der Waals surface area contributed by atoms with Crippen LogP contribution in [0.4, 0.5) is 0 Å². The van der Waals surface area contributed by atoms with E-state index in [4.69, 9.17) is 14.6 Å². The van der Waals surface area contributed by atoms with Gasteiger partial charge in [-0.1, -0.05) is 18.2 Å². The Kier molecular flexibility index (Phi) is 3.57. The van der Waals surface area contributed by atoms with Crippen molar-refractivity contribution < 1.29 is 24.5 Å². The van der Waals surface area contributed by atoms with Crippen LogP contribution >= 0.6 is 0 Å². The zero-order valence-corrected chi connectivity index (χ0v) is 10.6. The first-order chi connectivity index (χ1) is 9.10. The summed E-state index contributed by atoms with van der Waals surface area (Å²) >= 11 is 0. The summed E-state index contributed by atoms with van der Waals surface area (Å²) in [4.78, 5) is 10.9. The zero-order valence-electron chi connectivity index (χ0n) is 10.6. The van der Waals surface area contributed by atoms with Gasteiger partial charge in [-0.05, 0) is 12.1 Å². The molecule has 0 aliphatic heterocycles. The minimum Gasteiger partial charge on any atom is -0.496 e. The highest BCUT2D eigenvalue weighted by atomic mass is 16.5. The third-order valence-electron chi connectivity index (χ3n) is 2.96. The van der Waals surface area contributed by atoms with Gasteiger partial charge in [0.1, 0.15) is 11.5 Å². The van der Waals surface area contributed by atoms with Crippen LogP contribution in [0.5, 0.6) is 11.5 Å². The lowest BCUT2D eigenvalue weighted by Crippen LogP contribution is -2.11. The maximum absolute atomic E-state index is 10.9. The number of carboxylic acid groups (broad SMARTS) is 1. The molecule has 1 atom stereocenters. The zero-order chi connectivity index (χ0) is 14.0. The first-order valence-corrected chi connectivity index (χ1v) is 5.64. The van der Waals surface area contributed by atoms with E-state index < -0.39 is 12.1 Å². The van der Waals surface area contributed by atoms with Gasteiger partial charge in [0, 0.05) is 16.3 Å². The third-order valence-corrected chi connectivity index (χ3v) is 2.96. The van der Waals surface area contributed by atoms with Gasteiger partial charge in [0.15, 0.2) is 6.10 Å². The van der Waals surface area contributed by atoms with Crippen molar-refractivity contribution in [3.63, 3.8) is 0 Å². The summed E-state index contributed by atoms with van der Waals surface area (Å²) < 4.78 is 10.5. The molecule has 2 N–H and O–H groups in total. The highest BCUT2D eigenvalue weighted by Gasteiger charge is 2.22. The number of ether oxygens (including phenoxy) is 2. The molecule has 0 saturated carbocycles. The molecule has 0 bridgehead atoms. The number of aliphatic carboxylic acids is 1. The second-order valence-electron chi connectivity index (χ2n) is 3.98. The lowest BCUT2D eigenvalue weighted by atomic mass is 10.0. The molecule has 5 nitrogen and oxygen atoms in total. The average Bonchev–Trinajstić information content (AvgIpc) is 2.44. The molecule has 0 aliphatic rings. The van der Waals surface area contributed by atoms with Gasteiger partial charge in [0.2, 0.25) is 0 Å². The van der Waals surface area contributed by atoms with E-state index in [9.17, 15) is 9.90 Å². The Morgan fingerprint density at radius 1 is 1.11 bits per heavy atom. The van der Waals surface area contributed by atoms with E-state index >= 15 is 0 Å². The molecule has 0 saturated heterocycles. The average molecular weight is 262 g/mol. The van der Waals surface area contributed by atoms with E-state index in [2.05, 4.69) is 0 Å². The van der Waals surface area contributed by atoms with Crippen LogP contribution in [0.3, 0.4) is 0 Å². The minimum atomic E-state index is -1.62. The predicted octanol–water partition coefficient (Wildman–Crippen LogP) is 1.97. The Balaban J connectivity index is 2.73. The van der Waals surface area contributed by atoms with E-state index in [1.54, 1.807) is 31.4 Å². The first-order valence-electron chi connectivity index (χ1n) is 5.64. The molecule has 19 heavy (non-hydrogen) atoms. The van der Waals surface area contributed by atoms with Crippen LogP contribution in [0.25, 0.3) is 10.8 Å². The Hall–Kier alpha value is -2.27. The van der Waals surface area contributed by atoms with Gasteiger partial charge in [-0.15, -0.1) is 0 Å². The van der Waals surface area contributed by atoms with Gasteiger partial charge in [0.25, 0.3) is 0 Å². The molecule has 100 valence electrons. The first kappa shape index (κ1) is 13.2. The summed E-state index contributed by atoms with van der Waals surface area (Å²) in [6, 6.07) is 8.60. The van der Waals surface area contributed by atoms with Crippen molar-refractivity contribution in [2.45, 2.75) is 6.10 Å². The number of carboxylic acids is 1. The van der Waals surface area contributed by atoms with Crippen LogP contribution in [0.15, 0.2) is 30.3 Å². The van der Waals surface area contributed by atoms with Crippen molar-refractivity contribution in [2.24, 2.45) is 0 Å².